The molecular formula is C28H38ClN3O3. The molecule has 1 atom stereocenters. The van der Waals surface area contributed by atoms with E-state index >= 15 is 0 Å². The van der Waals surface area contributed by atoms with Crippen molar-refractivity contribution in [3.8, 4) is 0 Å². The van der Waals surface area contributed by atoms with Gasteiger partial charge in [-0.15, -0.1) is 0 Å². The number of aryl methyl sites for hydroxylation is 2. The first-order chi connectivity index (χ1) is 16.5. The highest BCUT2D eigenvalue weighted by Crippen LogP contribution is 2.35. The van der Waals surface area contributed by atoms with Crippen LogP contribution in [0.5, 0.6) is 0 Å². The fourth-order valence-corrected chi connectivity index (χ4v) is 4.70. The molecule has 0 saturated heterocycles. The van der Waals surface area contributed by atoms with Gasteiger partial charge in [0.2, 0.25) is 6.29 Å². The van der Waals surface area contributed by atoms with Gasteiger partial charge in [0.05, 0.1) is 16.6 Å². The van der Waals surface area contributed by atoms with E-state index in [0.29, 0.717) is 22.2 Å². The Kier molecular flexibility index (Phi) is 8.81. The Balaban J connectivity index is 2.04. The van der Waals surface area contributed by atoms with Crippen molar-refractivity contribution in [2.24, 2.45) is 18.0 Å². The normalized spacial score (nSPS) is 16.8. The van der Waals surface area contributed by atoms with Gasteiger partial charge in [0.15, 0.2) is 5.76 Å². The molecule has 2 aromatic rings. The molecule has 0 N–H and O–H groups in total. The topological polar surface area (TPSA) is 65.7 Å². The highest BCUT2D eigenvalue weighted by molar-refractivity contribution is 6.33. The van der Waals surface area contributed by atoms with E-state index in [-0.39, 0.29) is 17.3 Å². The molecule has 1 aliphatic carbocycles. The lowest BCUT2D eigenvalue weighted by Crippen LogP contribution is -2.26. The zero-order valence-corrected chi connectivity index (χ0v) is 22.8. The van der Waals surface area contributed by atoms with Gasteiger partial charge in [-0.1, -0.05) is 75.9 Å². The van der Waals surface area contributed by atoms with Crippen molar-refractivity contribution in [3.63, 3.8) is 0 Å². The predicted molar refractivity (Wildman–Crippen MR) is 143 cm³/mol. The number of allylic oxidation sites excluding steroid dienone is 1. The number of nitrogens with zero attached hydrogens (tertiary/aromatic N) is 3. The molecule has 0 bridgehead atoms. The largest absolute Gasteiger partial charge is 0.452 e. The first kappa shape index (κ1) is 27.0. The summed E-state index contributed by atoms with van der Waals surface area (Å²) in [5.41, 5.74) is 4.20. The lowest BCUT2D eigenvalue weighted by atomic mass is 9.86. The summed E-state index contributed by atoms with van der Waals surface area (Å²) in [5, 5.41) is 4.96. The van der Waals surface area contributed by atoms with Crippen LogP contribution < -0.4 is 0 Å². The average molecular weight is 500 g/mol. The number of hydrogen-bond donors (Lipinski definition) is 0. The van der Waals surface area contributed by atoms with E-state index in [4.69, 9.17) is 21.1 Å². The van der Waals surface area contributed by atoms with Gasteiger partial charge in [-0.3, -0.25) is 14.5 Å². The summed E-state index contributed by atoms with van der Waals surface area (Å²) < 4.78 is 13.8. The number of carbonyl (C=O) groups is 1. The number of ether oxygens (including phenoxy) is 2. The molecule has 1 heterocycles. The monoisotopic (exact) mass is 499 g/mol. The van der Waals surface area contributed by atoms with E-state index < -0.39 is 6.29 Å². The molecule has 1 aromatic carbocycles. The first-order valence-electron chi connectivity index (χ1n) is 12.4. The van der Waals surface area contributed by atoms with Crippen LogP contribution in [0.2, 0.25) is 5.02 Å². The standard InChI is InChI=1S/C28H38ClN3O3/c1-18-24(29)25(32(7)31-18)26(34-19(2)35-27(33)21-11-9-8-10-12-21)23(17-30-6)20-13-15-22(16-14-20)28(3,4)5/h13-17,19,21H,8-12H2,1-7H3/b26-23-,30-17-. The lowest BCUT2D eigenvalue weighted by molar-refractivity contribution is -0.170. The maximum atomic E-state index is 12.8. The number of aliphatic imine (C=N–C) groups is 1. The number of hydrogen-bond acceptors (Lipinski definition) is 5. The summed E-state index contributed by atoms with van der Waals surface area (Å²) in [4.78, 5) is 17.1. The number of halogens is 1. The number of carbonyl (C=O) groups excluding carboxylic acids is 1. The Hall–Kier alpha value is -2.60. The summed E-state index contributed by atoms with van der Waals surface area (Å²) in [6, 6.07) is 8.33. The lowest BCUT2D eigenvalue weighted by Gasteiger charge is -2.24. The Morgan fingerprint density at radius 3 is 2.31 bits per heavy atom. The highest BCUT2D eigenvalue weighted by atomic mass is 35.5. The zero-order valence-electron chi connectivity index (χ0n) is 22.0. The van der Waals surface area contributed by atoms with Crippen LogP contribution in [0.15, 0.2) is 29.3 Å². The second-order valence-corrected chi connectivity index (χ2v) is 10.7. The van der Waals surface area contributed by atoms with Gasteiger partial charge in [-0.05, 0) is 36.3 Å². The van der Waals surface area contributed by atoms with Crippen molar-refractivity contribution < 1.29 is 14.3 Å². The Morgan fingerprint density at radius 2 is 1.80 bits per heavy atom. The van der Waals surface area contributed by atoms with Gasteiger partial charge in [0.1, 0.15) is 5.69 Å². The smallest absolute Gasteiger partial charge is 0.311 e. The number of esters is 1. The van der Waals surface area contributed by atoms with E-state index in [0.717, 1.165) is 36.8 Å². The van der Waals surface area contributed by atoms with Gasteiger partial charge >= 0.3 is 5.97 Å². The van der Waals surface area contributed by atoms with E-state index in [9.17, 15) is 4.79 Å². The number of rotatable bonds is 7. The van der Waals surface area contributed by atoms with Crippen LogP contribution in [0.1, 0.15) is 82.3 Å². The van der Waals surface area contributed by atoms with Crippen LogP contribution in [0.3, 0.4) is 0 Å². The van der Waals surface area contributed by atoms with Crippen LogP contribution in [0.25, 0.3) is 11.3 Å². The Bertz CT molecular complexity index is 1090. The second kappa shape index (κ2) is 11.4. The number of benzene rings is 1. The summed E-state index contributed by atoms with van der Waals surface area (Å²) >= 11 is 6.69. The third-order valence-corrected chi connectivity index (χ3v) is 6.89. The molecule has 190 valence electrons. The summed E-state index contributed by atoms with van der Waals surface area (Å²) in [7, 11) is 3.53. The summed E-state index contributed by atoms with van der Waals surface area (Å²) in [6.45, 7) is 10.1. The van der Waals surface area contributed by atoms with Crippen LogP contribution in [-0.2, 0) is 26.7 Å². The van der Waals surface area contributed by atoms with E-state index in [1.165, 1.54) is 12.0 Å². The SMILES string of the molecule is C/N=C\C(=C(\OC(C)OC(=O)C1CCCCC1)c1c(Cl)c(C)nn1C)c1ccc(C(C)(C)C)cc1. The van der Waals surface area contributed by atoms with Crippen LogP contribution in [-0.4, -0.2) is 35.3 Å². The molecule has 0 aliphatic heterocycles. The second-order valence-electron chi connectivity index (χ2n) is 10.3. The molecule has 3 rings (SSSR count). The van der Waals surface area contributed by atoms with Gasteiger partial charge in [0.25, 0.3) is 0 Å². The van der Waals surface area contributed by atoms with Crippen molar-refractivity contribution in [1.82, 2.24) is 9.78 Å². The highest BCUT2D eigenvalue weighted by Gasteiger charge is 2.28. The van der Waals surface area contributed by atoms with Gasteiger partial charge < -0.3 is 9.47 Å². The van der Waals surface area contributed by atoms with Gasteiger partial charge in [0, 0.05) is 32.8 Å². The minimum atomic E-state index is -0.806. The van der Waals surface area contributed by atoms with Gasteiger partial charge in [-0.25, -0.2) is 0 Å². The minimum absolute atomic E-state index is 0.0326. The van der Waals surface area contributed by atoms with Crippen molar-refractivity contribution in [3.05, 3.63) is 51.8 Å². The minimum Gasteiger partial charge on any atom is -0.452 e. The molecule has 0 amide bonds. The van der Waals surface area contributed by atoms with Crippen LogP contribution >= 0.6 is 11.6 Å². The molecule has 1 saturated carbocycles. The zero-order chi connectivity index (χ0) is 25.8. The number of aromatic nitrogens is 2. The molecule has 1 aliphatic rings. The molecule has 6 nitrogen and oxygen atoms in total. The predicted octanol–water partition coefficient (Wildman–Crippen LogP) is 6.73. The maximum Gasteiger partial charge on any atom is 0.311 e. The Labute approximate surface area is 214 Å². The Morgan fingerprint density at radius 1 is 1.17 bits per heavy atom. The maximum absolute atomic E-state index is 12.8. The quantitative estimate of drug-likeness (QED) is 0.183. The van der Waals surface area contributed by atoms with Crippen molar-refractivity contribution in [2.45, 2.75) is 78.4 Å². The molecular weight excluding hydrogens is 462 g/mol. The molecule has 1 unspecified atom stereocenters. The average Bonchev–Trinajstić information content (AvgIpc) is 3.07. The molecule has 0 radical (unpaired) electrons. The molecule has 0 spiro atoms. The van der Waals surface area contributed by atoms with Crippen molar-refractivity contribution in [1.29, 1.82) is 0 Å². The third-order valence-electron chi connectivity index (χ3n) is 6.43. The van der Waals surface area contributed by atoms with Crippen molar-refractivity contribution >= 4 is 35.1 Å². The van der Waals surface area contributed by atoms with Crippen LogP contribution in [0.4, 0.5) is 0 Å². The van der Waals surface area contributed by atoms with E-state index in [1.807, 2.05) is 14.0 Å². The third kappa shape index (κ3) is 6.54. The van der Waals surface area contributed by atoms with E-state index in [2.05, 4.69) is 55.1 Å². The van der Waals surface area contributed by atoms with E-state index in [1.54, 1.807) is 24.9 Å². The molecule has 35 heavy (non-hydrogen) atoms. The summed E-state index contributed by atoms with van der Waals surface area (Å²) in [5.74, 6) is 0.201. The fraction of sp³-hybridized carbons (Fsp3) is 0.536. The first-order valence-corrected chi connectivity index (χ1v) is 12.7. The fourth-order valence-electron chi connectivity index (χ4n) is 4.46. The van der Waals surface area contributed by atoms with Gasteiger partial charge in [-0.2, -0.15) is 5.10 Å². The molecule has 1 fully saturated rings. The van der Waals surface area contributed by atoms with Crippen LogP contribution in [0, 0.1) is 12.8 Å². The molecule has 7 heteroatoms. The van der Waals surface area contributed by atoms with Crippen molar-refractivity contribution in [2.75, 3.05) is 7.05 Å². The molecule has 1 aromatic heterocycles. The summed E-state index contributed by atoms with van der Waals surface area (Å²) in [6.07, 6.45) is 5.98.